The van der Waals surface area contributed by atoms with Crippen LogP contribution in [-0.4, -0.2) is 37.7 Å². The highest BCUT2D eigenvalue weighted by Gasteiger charge is 2.08. The molecule has 12 heavy (non-hydrogen) atoms. The normalized spacial score (nSPS) is 18.9. The van der Waals surface area contributed by atoms with Crippen molar-refractivity contribution >= 4 is 0 Å². The van der Waals surface area contributed by atoms with Crippen molar-refractivity contribution in [3.8, 4) is 5.92 Å². The molecule has 2 heteroatoms. The SMILES string of the molecule is [C]#CCCCCN1CCOCC1. The van der Waals surface area contributed by atoms with Gasteiger partial charge in [-0.25, -0.2) is 0 Å². The molecule has 0 spiro atoms. The van der Waals surface area contributed by atoms with Gasteiger partial charge in [-0.1, -0.05) is 5.92 Å². The summed E-state index contributed by atoms with van der Waals surface area (Å²) in [7, 11) is 0. The maximum atomic E-state index is 6.74. The maximum Gasteiger partial charge on any atom is 0.0594 e. The summed E-state index contributed by atoms with van der Waals surface area (Å²) in [4.78, 5) is 2.42. The molecule has 67 valence electrons. The van der Waals surface area contributed by atoms with Crippen LogP contribution < -0.4 is 0 Å². The predicted octanol–water partition coefficient (Wildman–Crippen LogP) is 1.08. The number of nitrogens with zero attached hydrogens (tertiary/aromatic N) is 1. The fourth-order valence-corrected chi connectivity index (χ4v) is 1.37. The van der Waals surface area contributed by atoms with Crippen molar-refractivity contribution in [1.82, 2.24) is 4.90 Å². The number of hydrogen-bond acceptors (Lipinski definition) is 2. The van der Waals surface area contributed by atoms with E-state index in [2.05, 4.69) is 10.8 Å². The Kier molecular flexibility index (Phi) is 4.82. The molecule has 0 N–H and O–H groups in total. The van der Waals surface area contributed by atoms with Crippen molar-refractivity contribution < 1.29 is 4.74 Å². The first kappa shape index (κ1) is 9.57. The second kappa shape index (κ2) is 6.05. The van der Waals surface area contributed by atoms with Crippen LogP contribution in [0.1, 0.15) is 19.3 Å². The Balaban J connectivity index is 1.95. The van der Waals surface area contributed by atoms with Crippen LogP contribution in [0.25, 0.3) is 0 Å². The van der Waals surface area contributed by atoms with Crippen LogP contribution in [0, 0.1) is 12.3 Å². The van der Waals surface area contributed by atoms with E-state index in [0.717, 1.165) is 45.7 Å². The van der Waals surface area contributed by atoms with E-state index in [1.54, 1.807) is 0 Å². The Labute approximate surface area is 74.9 Å². The van der Waals surface area contributed by atoms with Crippen molar-refractivity contribution in [2.45, 2.75) is 19.3 Å². The maximum absolute atomic E-state index is 6.74. The number of unbranched alkanes of at least 4 members (excludes halogenated alkanes) is 2. The zero-order valence-corrected chi connectivity index (χ0v) is 7.51. The minimum Gasteiger partial charge on any atom is -0.379 e. The third-order valence-electron chi connectivity index (χ3n) is 2.13. The van der Waals surface area contributed by atoms with Gasteiger partial charge in [-0.2, -0.15) is 0 Å². The highest BCUT2D eigenvalue weighted by Crippen LogP contribution is 2.01. The van der Waals surface area contributed by atoms with Gasteiger partial charge in [-0.3, -0.25) is 4.90 Å². The van der Waals surface area contributed by atoms with Crippen LogP contribution in [0.3, 0.4) is 0 Å². The number of ether oxygens (including phenoxy) is 1. The summed E-state index contributed by atoms with van der Waals surface area (Å²) < 4.78 is 5.24. The summed E-state index contributed by atoms with van der Waals surface area (Å²) in [5.41, 5.74) is 0. The van der Waals surface area contributed by atoms with E-state index in [9.17, 15) is 0 Å². The monoisotopic (exact) mass is 166 g/mol. The molecule has 0 aromatic heterocycles. The molecular formula is C10H16NO. The molecule has 0 atom stereocenters. The Morgan fingerprint density at radius 1 is 1.25 bits per heavy atom. The quantitative estimate of drug-likeness (QED) is 0.457. The lowest BCUT2D eigenvalue weighted by Gasteiger charge is -2.26. The highest BCUT2D eigenvalue weighted by atomic mass is 16.5. The topological polar surface area (TPSA) is 12.5 Å². The first-order valence-corrected chi connectivity index (χ1v) is 4.63. The third kappa shape index (κ3) is 3.75. The van der Waals surface area contributed by atoms with Crippen LogP contribution in [0.5, 0.6) is 0 Å². The zero-order valence-electron chi connectivity index (χ0n) is 7.51. The van der Waals surface area contributed by atoms with Crippen molar-refractivity contribution in [2.24, 2.45) is 0 Å². The third-order valence-corrected chi connectivity index (χ3v) is 2.13. The Morgan fingerprint density at radius 3 is 2.67 bits per heavy atom. The largest absolute Gasteiger partial charge is 0.379 e. The van der Waals surface area contributed by atoms with Gasteiger partial charge in [0.1, 0.15) is 0 Å². The number of morpholine rings is 1. The molecule has 2 nitrogen and oxygen atoms in total. The molecule has 0 aromatic rings. The molecule has 1 aliphatic heterocycles. The van der Waals surface area contributed by atoms with Crippen molar-refractivity contribution in [3.05, 3.63) is 6.42 Å². The molecule has 0 bridgehead atoms. The first-order valence-electron chi connectivity index (χ1n) is 4.63. The van der Waals surface area contributed by atoms with E-state index < -0.39 is 0 Å². The molecule has 1 fully saturated rings. The Bertz CT molecular complexity index is 144. The molecule has 0 aliphatic carbocycles. The van der Waals surface area contributed by atoms with Gasteiger partial charge in [-0.15, -0.1) is 0 Å². The lowest BCUT2D eigenvalue weighted by Crippen LogP contribution is -2.36. The molecule has 1 saturated heterocycles. The lowest BCUT2D eigenvalue weighted by molar-refractivity contribution is 0.0372. The van der Waals surface area contributed by atoms with Crippen LogP contribution in [0.15, 0.2) is 0 Å². The molecule has 1 radical (unpaired) electrons. The van der Waals surface area contributed by atoms with Crippen molar-refractivity contribution in [1.29, 1.82) is 0 Å². The molecule has 0 aromatic carbocycles. The summed E-state index contributed by atoms with van der Waals surface area (Å²) in [5.74, 6) is 2.41. The molecule has 0 saturated carbocycles. The molecular weight excluding hydrogens is 150 g/mol. The van der Waals surface area contributed by atoms with Crippen LogP contribution in [0.4, 0.5) is 0 Å². The van der Waals surface area contributed by atoms with E-state index >= 15 is 0 Å². The van der Waals surface area contributed by atoms with Gasteiger partial charge in [0, 0.05) is 19.5 Å². The second-order valence-electron chi connectivity index (χ2n) is 3.09. The van der Waals surface area contributed by atoms with E-state index in [4.69, 9.17) is 11.2 Å². The van der Waals surface area contributed by atoms with Gasteiger partial charge in [0.2, 0.25) is 0 Å². The van der Waals surface area contributed by atoms with Crippen LogP contribution >= 0.6 is 0 Å². The van der Waals surface area contributed by atoms with E-state index in [1.165, 1.54) is 6.42 Å². The minimum atomic E-state index is 0.810. The molecule has 0 unspecified atom stereocenters. The minimum absolute atomic E-state index is 0.810. The summed E-state index contributed by atoms with van der Waals surface area (Å²) in [6.45, 7) is 5.08. The van der Waals surface area contributed by atoms with Crippen LogP contribution in [0.2, 0.25) is 0 Å². The molecule has 1 rings (SSSR count). The summed E-state index contributed by atoms with van der Waals surface area (Å²) >= 11 is 0. The summed E-state index contributed by atoms with van der Waals surface area (Å²) in [6, 6.07) is 0. The van der Waals surface area contributed by atoms with Gasteiger partial charge in [0.25, 0.3) is 0 Å². The van der Waals surface area contributed by atoms with Crippen LogP contribution in [-0.2, 0) is 4.74 Å². The van der Waals surface area contributed by atoms with E-state index in [-0.39, 0.29) is 0 Å². The Hall–Kier alpha value is -0.520. The lowest BCUT2D eigenvalue weighted by atomic mass is 10.2. The van der Waals surface area contributed by atoms with Gasteiger partial charge < -0.3 is 4.74 Å². The van der Waals surface area contributed by atoms with Gasteiger partial charge in [-0.05, 0) is 25.8 Å². The van der Waals surface area contributed by atoms with Crippen molar-refractivity contribution in [3.63, 3.8) is 0 Å². The molecule has 1 aliphatic rings. The number of hydrogen-bond donors (Lipinski definition) is 0. The predicted molar refractivity (Wildman–Crippen MR) is 48.2 cm³/mol. The second-order valence-corrected chi connectivity index (χ2v) is 3.09. The summed E-state index contributed by atoms with van der Waals surface area (Å²) in [5, 5.41) is 0. The highest BCUT2D eigenvalue weighted by molar-refractivity contribution is 4.74. The Morgan fingerprint density at radius 2 is 2.00 bits per heavy atom. The fraction of sp³-hybridized carbons (Fsp3) is 0.800. The zero-order chi connectivity index (χ0) is 8.65. The van der Waals surface area contributed by atoms with Gasteiger partial charge in [0.05, 0.1) is 13.2 Å². The fourth-order valence-electron chi connectivity index (χ4n) is 1.37. The van der Waals surface area contributed by atoms with Crippen molar-refractivity contribution in [2.75, 3.05) is 32.8 Å². The van der Waals surface area contributed by atoms with E-state index in [0.29, 0.717) is 0 Å². The summed E-state index contributed by atoms with van der Waals surface area (Å²) in [6.07, 6.45) is 9.84. The average Bonchev–Trinajstić information content (AvgIpc) is 2.14. The average molecular weight is 166 g/mol. The first-order chi connectivity index (χ1) is 5.93. The molecule has 1 heterocycles. The smallest absolute Gasteiger partial charge is 0.0594 e. The van der Waals surface area contributed by atoms with Gasteiger partial charge in [0.15, 0.2) is 0 Å². The molecule has 0 amide bonds. The standard InChI is InChI=1S/C10H16NO/c1-2-3-4-5-6-11-7-9-12-10-8-11/h3-10H2. The van der Waals surface area contributed by atoms with Gasteiger partial charge >= 0.3 is 0 Å². The van der Waals surface area contributed by atoms with E-state index in [1.807, 2.05) is 0 Å². The number of rotatable bonds is 4.